The Labute approximate surface area is 61.0 Å². The number of imidazole rings is 1. The van der Waals surface area contributed by atoms with E-state index in [0.29, 0.717) is 12.2 Å². The Kier molecular flexibility index (Phi) is 2.58. The zero-order chi connectivity index (χ0) is 7.40. The van der Waals surface area contributed by atoms with Gasteiger partial charge in [0.05, 0.1) is 0 Å². The number of hydrogen-bond donors (Lipinski definition) is 1. The number of rotatable bonds is 3. The minimum atomic E-state index is -1.96. The van der Waals surface area contributed by atoms with Gasteiger partial charge in [-0.3, -0.25) is 4.21 Å². The largest absolute Gasteiger partial charge is 0.772 e. The van der Waals surface area contributed by atoms with Gasteiger partial charge in [0, 0.05) is 24.6 Å². The average molecular weight is 159 g/mol. The standard InChI is InChI=1S/C5H8N2O2S/c8-10(9)4-1-5-6-2-3-7-5/h2-3H,1,4H2,(H,6,7)(H,8,9)/p-1. The Morgan fingerprint density at radius 2 is 2.60 bits per heavy atom. The molecule has 5 heteroatoms. The maximum Gasteiger partial charge on any atom is 0.106 e. The van der Waals surface area contributed by atoms with Crippen LogP contribution in [0.25, 0.3) is 0 Å². The van der Waals surface area contributed by atoms with Crippen LogP contribution in [0.2, 0.25) is 0 Å². The zero-order valence-corrected chi connectivity index (χ0v) is 6.06. The van der Waals surface area contributed by atoms with Crippen LogP contribution >= 0.6 is 0 Å². The van der Waals surface area contributed by atoms with Crippen molar-refractivity contribution in [2.75, 3.05) is 5.75 Å². The smallest absolute Gasteiger partial charge is 0.106 e. The molecule has 1 unspecified atom stereocenters. The first kappa shape index (κ1) is 7.43. The molecule has 0 spiro atoms. The Hall–Kier alpha value is -0.680. The third kappa shape index (κ3) is 2.28. The van der Waals surface area contributed by atoms with Crippen LogP contribution < -0.4 is 0 Å². The molecule has 1 aromatic rings. The van der Waals surface area contributed by atoms with Gasteiger partial charge < -0.3 is 9.54 Å². The monoisotopic (exact) mass is 159 g/mol. The van der Waals surface area contributed by atoms with Crippen molar-refractivity contribution >= 4 is 11.1 Å². The molecule has 0 aromatic carbocycles. The van der Waals surface area contributed by atoms with Crippen LogP contribution in [0.1, 0.15) is 5.82 Å². The first-order valence-corrected chi connectivity index (χ1v) is 4.07. The number of nitrogens with one attached hydrogen (secondary N) is 1. The van der Waals surface area contributed by atoms with Gasteiger partial charge in [0.2, 0.25) is 0 Å². The maximum atomic E-state index is 10.1. The van der Waals surface area contributed by atoms with Gasteiger partial charge in [0.1, 0.15) is 5.82 Å². The lowest BCUT2D eigenvalue weighted by Crippen LogP contribution is -2.00. The summed E-state index contributed by atoms with van der Waals surface area (Å²) in [6, 6.07) is 0. The molecule has 0 radical (unpaired) electrons. The molecule has 10 heavy (non-hydrogen) atoms. The van der Waals surface area contributed by atoms with Crippen LogP contribution in [0, 0.1) is 0 Å². The molecule has 56 valence electrons. The van der Waals surface area contributed by atoms with Crippen molar-refractivity contribution in [3.63, 3.8) is 0 Å². The molecule has 1 heterocycles. The second-order valence-corrected chi connectivity index (χ2v) is 2.81. The topological polar surface area (TPSA) is 68.8 Å². The minimum absolute atomic E-state index is 0.132. The third-order valence-electron chi connectivity index (χ3n) is 1.06. The van der Waals surface area contributed by atoms with Crippen LogP contribution in [-0.2, 0) is 17.5 Å². The van der Waals surface area contributed by atoms with Crippen LogP contribution in [0.5, 0.6) is 0 Å². The summed E-state index contributed by atoms with van der Waals surface area (Å²) in [5.74, 6) is 0.845. The van der Waals surface area contributed by atoms with Crippen LogP contribution in [-0.4, -0.2) is 24.5 Å². The second kappa shape index (κ2) is 3.48. The first-order chi connectivity index (χ1) is 4.79. The molecule has 1 N–H and O–H groups in total. The zero-order valence-electron chi connectivity index (χ0n) is 5.24. The first-order valence-electron chi connectivity index (χ1n) is 2.83. The summed E-state index contributed by atoms with van der Waals surface area (Å²) in [5, 5.41) is 0. The molecule has 0 aliphatic carbocycles. The molecule has 0 saturated heterocycles. The van der Waals surface area contributed by atoms with E-state index >= 15 is 0 Å². The fourth-order valence-electron chi connectivity index (χ4n) is 0.615. The number of hydrogen-bond acceptors (Lipinski definition) is 3. The van der Waals surface area contributed by atoms with Gasteiger partial charge in [0.25, 0.3) is 0 Å². The molecule has 1 atom stereocenters. The van der Waals surface area contributed by atoms with E-state index in [0.717, 1.165) is 0 Å². The predicted octanol–water partition coefficient (Wildman–Crippen LogP) is -0.169. The van der Waals surface area contributed by atoms with E-state index in [1.54, 1.807) is 12.4 Å². The van der Waals surface area contributed by atoms with Gasteiger partial charge in [0.15, 0.2) is 0 Å². The number of aromatic nitrogens is 2. The normalized spacial score (nSPS) is 13.3. The molecule has 0 bridgehead atoms. The molecule has 0 aliphatic heterocycles. The third-order valence-corrected chi connectivity index (χ3v) is 1.60. The Morgan fingerprint density at radius 3 is 3.10 bits per heavy atom. The van der Waals surface area contributed by atoms with Gasteiger partial charge in [-0.15, -0.1) is 0 Å². The van der Waals surface area contributed by atoms with Crippen LogP contribution in [0.4, 0.5) is 0 Å². The fourth-order valence-corrected chi connectivity index (χ4v) is 0.975. The maximum absolute atomic E-state index is 10.1. The molecule has 4 nitrogen and oxygen atoms in total. The van der Waals surface area contributed by atoms with Gasteiger partial charge >= 0.3 is 0 Å². The van der Waals surface area contributed by atoms with Crippen molar-refractivity contribution < 1.29 is 8.76 Å². The Morgan fingerprint density at radius 1 is 1.80 bits per heavy atom. The van der Waals surface area contributed by atoms with E-state index in [-0.39, 0.29) is 5.75 Å². The molecule has 0 aliphatic rings. The summed E-state index contributed by atoms with van der Waals surface area (Å²) in [6.45, 7) is 0. The van der Waals surface area contributed by atoms with Gasteiger partial charge in [-0.2, -0.15) is 0 Å². The molecule has 1 rings (SSSR count). The SMILES string of the molecule is O=S([O-])CCc1ncc[nH]1. The average Bonchev–Trinajstić information content (AvgIpc) is 2.34. The van der Waals surface area contributed by atoms with Crippen molar-refractivity contribution in [1.29, 1.82) is 0 Å². The Bertz CT molecular complexity index is 209. The van der Waals surface area contributed by atoms with Gasteiger partial charge in [-0.05, 0) is 0 Å². The number of H-pyrrole nitrogens is 1. The highest BCUT2D eigenvalue weighted by Crippen LogP contribution is 1.90. The summed E-state index contributed by atoms with van der Waals surface area (Å²) in [6.07, 6.45) is 3.73. The second-order valence-electron chi connectivity index (χ2n) is 1.79. The molecule has 0 saturated carbocycles. The quantitative estimate of drug-likeness (QED) is 0.622. The molecule has 0 fully saturated rings. The summed E-state index contributed by atoms with van der Waals surface area (Å²) >= 11 is -1.96. The number of nitrogens with zero attached hydrogens (tertiary/aromatic N) is 1. The van der Waals surface area contributed by atoms with E-state index in [1.807, 2.05) is 0 Å². The lowest BCUT2D eigenvalue weighted by atomic mass is 10.5. The van der Waals surface area contributed by atoms with E-state index in [4.69, 9.17) is 0 Å². The van der Waals surface area contributed by atoms with E-state index < -0.39 is 11.1 Å². The van der Waals surface area contributed by atoms with E-state index in [9.17, 15) is 8.76 Å². The highest BCUT2D eigenvalue weighted by Gasteiger charge is 1.92. The van der Waals surface area contributed by atoms with Crippen molar-refractivity contribution in [3.8, 4) is 0 Å². The number of aromatic amines is 1. The van der Waals surface area contributed by atoms with Crippen molar-refractivity contribution in [2.45, 2.75) is 6.42 Å². The van der Waals surface area contributed by atoms with Gasteiger partial charge in [-0.25, -0.2) is 4.98 Å². The van der Waals surface area contributed by atoms with Crippen molar-refractivity contribution in [1.82, 2.24) is 9.97 Å². The molecule has 0 amide bonds. The highest BCUT2D eigenvalue weighted by molar-refractivity contribution is 7.79. The minimum Gasteiger partial charge on any atom is -0.772 e. The summed E-state index contributed by atoms with van der Waals surface area (Å²) in [7, 11) is 0. The summed E-state index contributed by atoms with van der Waals surface area (Å²) in [5.41, 5.74) is 0. The lowest BCUT2D eigenvalue weighted by molar-refractivity contribution is 0.536. The van der Waals surface area contributed by atoms with E-state index in [1.165, 1.54) is 0 Å². The van der Waals surface area contributed by atoms with Crippen LogP contribution in [0.3, 0.4) is 0 Å². The molecular formula is C5H7N2O2S-. The molecular weight excluding hydrogens is 152 g/mol. The van der Waals surface area contributed by atoms with E-state index in [2.05, 4.69) is 9.97 Å². The predicted molar refractivity (Wildman–Crippen MR) is 36.1 cm³/mol. The highest BCUT2D eigenvalue weighted by atomic mass is 32.2. The molecule has 1 aromatic heterocycles. The number of aryl methyl sites for hydroxylation is 1. The van der Waals surface area contributed by atoms with Crippen molar-refractivity contribution in [2.24, 2.45) is 0 Å². The van der Waals surface area contributed by atoms with Crippen LogP contribution in [0.15, 0.2) is 12.4 Å². The van der Waals surface area contributed by atoms with Crippen molar-refractivity contribution in [3.05, 3.63) is 18.2 Å². The lowest BCUT2D eigenvalue weighted by Gasteiger charge is -2.00. The summed E-state index contributed by atoms with van der Waals surface area (Å²) in [4.78, 5) is 6.67. The van der Waals surface area contributed by atoms with Gasteiger partial charge in [-0.1, -0.05) is 11.1 Å². The summed E-state index contributed by atoms with van der Waals surface area (Å²) < 4.78 is 20.1. The fraction of sp³-hybridized carbons (Fsp3) is 0.400. The Balaban J connectivity index is 2.35.